The Bertz CT molecular complexity index is 466. The molecule has 0 atom stereocenters. The van der Waals surface area contributed by atoms with Crippen molar-refractivity contribution in [3.05, 3.63) is 30.2 Å². The molecule has 3 heteroatoms. The highest BCUT2D eigenvalue weighted by atomic mass is 16.3. The Kier molecular flexibility index (Phi) is 1.77. The summed E-state index contributed by atoms with van der Waals surface area (Å²) < 4.78 is 1.78. The number of nitrogens with zero attached hydrogens (tertiary/aromatic N) is 2. The van der Waals surface area contributed by atoms with Crippen molar-refractivity contribution in [2.45, 2.75) is 26.2 Å². The van der Waals surface area contributed by atoms with Crippen molar-refractivity contribution in [1.82, 2.24) is 9.38 Å². The van der Waals surface area contributed by atoms with E-state index >= 15 is 0 Å². The molecule has 0 aliphatic rings. The van der Waals surface area contributed by atoms with Gasteiger partial charge in [0.2, 0.25) is 0 Å². The van der Waals surface area contributed by atoms with E-state index in [1.165, 1.54) is 0 Å². The predicted molar refractivity (Wildman–Crippen MR) is 55.6 cm³/mol. The first kappa shape index (κ1) is 9.06. The van der Waals surface area contributed by atoms with Crippen LogP contribution in [-0.2, 0) is 5.41 Å². The van der Waals surface area contributed by atoms with E-state index in [0.29, 0.717) is 0 Å². The second kappa shape index (κ2) is 2.74. The Morgan fingerprint density at radius 2 is 2.00 bits per heavy atom. The summed E-state index contributed by atoms with van der Waals surface area (Å²) in [7, 11) is 0. The standard InChI is InChI=1S/C11H14N2O/c1-11(2,3)10-12-7-8-5-4-6-9(14)13(8)10/h4-7,14H,1-3H3. The second-order valence-electron chi connectivity index (χ2n) is 4.48. The molecule has 0 radical (unpaired) electrons. The summed E-state index contributed by atoms with van der Waals surface area (Å²) >= 11 is 0. The van der Waals surface area contributed by atoms with Gasteiger partial charge in [0.1, 0.15) is 5.82 Å². The lowest BCUT2D eigenvalue weighted by molar-refractivity contribution is 0.431. The number of aromatic nitrogens is 2. The molecule has 0 aromatic carbocycles. The monoisotopic (exact) mass is 190 g/mol. The van der Waals surface area contributed by atoms with Crippen LogP contribution in [0, 0.1) is 0 Å². The predicted octanol–water partition coefficient (Wildman–Crippen LogP) is 2.34. The van der Waals surface area contributed by atoms with Gasteiger partial charge in [0.15, 0.2) is 5.88 Å². The third-order valence-electron chi connectivity index (χ3n) is 2.20. The smallest absolute Gasteiger partial charge is 0.197 e. The van der Waals surface area contributed by atoms with Gasteiger partial charge in [-0.25, -0.2) is 4.98 Å². The first-order valence-electron chi connectivity index (χ1n) is 4.66. The average molecular weight is 190 g/mol. The van der Waals surface area contributed by atoms with Crippen LogP contribution in [0.3, 0.4) is 0 Å². The maximum atomic E-state index is 9.73. The first-order valence-corrected chi connectivity index (χ1v) is 4.66. The van der Waals surface area contributed by atoms with Gasteiger partial charge in [-0.1, -0.05) is 26.8 Å². The summed E-state index contributed by atoms with van der Waals surface area (Å²) in [5.74, 6) is 1.12. The maximum Gasteiger partial charge on any atom is 0.197 e. The third kappa shape index (κ3) is 1.25. The molecule has 0 fully saturated rings. The number of imidazole rings is 1. The number of hydrogen-bond acceptors (Lipinski definition) is 2. The van der Waals surface area contributed by atoms with E-state index in [1.54, 1.807) is 16.7 Å². The van der Waals surface area contributed by atoms with Gasteiger partial charge in [0, 0.05) is 5.41 Å². The molecular formula is C11H14N2O. The molecule has 0 spiro atoms. The molecule has 0 aliphatic carbocycles. The SMILES string of the molecule is CC(C)(C)c1ncc2cccc(O)n12. The lowest BCUT2D eigenvalue weighted by atomic mass is 9.96. The minimum Gasteiger partial charge on any atom is -0.494 e. The normalized spacial score (nSPS) is 12.2. The molecule has 0 aliphatic heterocycles. The zero-order chi connectivity index (χ0) is 10.3. The summed E-state index contributed by atoms with van der Waals surface area (Å²) in [6.07, 6.45) is 1.78. The zero-order valence-electron chi connectivity index (χ0n) is 8.65. The van der Waals surface area contributed by atoms with Gasteiger partial charge in [0.25, 0.3) is 0 Å². The fraction of sp³-hybridized carbons (Fsp3) is 0.364. The van der Waals surface area contributed by atoms with Crippen molar-refractivity contribution in [2.24, 2.45) is 0 Å². The highest BCUT2D eigenvalue weighted by molar-refractivity contribution is 5.49. The van der Waals surface area contributed by atoms with Crippen LogP contribution in [0.2, 0.25) is 0 Å². The van der Waals surface area contributed by atoms with Crippen molar-refractivity contribution in [3.8, 4) is 5.88 Å². The first-order chi connectivity index (χ1) is 6.50. The lowest BCUT2D eigenvalue weighted by Crippen LogP contribution is -2.15. The largest absolute Gasteiger partial charge is 0.494 e. The van der Waals surface area contributed by atoms with Crippen LogP contribution >= 0.6 is 0 Å². The average Bonchev–Trinajstić information content (AvgIpc) is 2.47. The number of aromatic hydroxyl groups is 1. The van der Waals surface area contributed by atoms with Gasteiger partial charge in [0.05, 0.1) is 11.7 Å². The summed E-state index contributed by atoms with van der Waals surface area (Å²) in [4.78, 5) is 4.33. The molecule has 2 rings (SSSR count). The molecule has 1 N–H and O–H groups in total. The molecule has 2 heterocycles. The molecule has 3 nitrogen and oxygen atoms in total. The summed E-state index contributed by atoms with van der Waals surface area (Å²) in [6.45, 7) is 6.23. The van der Waals surface area contributed by atoms with E-state index in [0.717, 1.165) is 11.3 Å². The molecule has 14 heavy (non-hydrogen) atoms. The highest BCUT2D eigenvalue weighted by Gasteiger charge is 2.20. The van der Waals surface area contributed by atoms with E-state index < -0.39 is 0 Å². The maximum absolute atomic E-state index is 9.73. The van der Waals surface area contributed by atoms with Gasteiger partial charge in [-0.15, -0.1) is 0 Å². The summed E-state index contributed by atoms with van der Waals surface area (Å²) in [5.41, 5.74) is 0.862. The third-order valence-corrected chi connectivity index (χ3v) is 2.20. The van der Waals surface area contributed by atoms with Gasteiger partial charge in [-0.3, -0.25) is 4.40 Å². The number of hydrogen-bond donors (Lipinski definition) is 1. The summed E-state index contributed by atoms with van der Waals surface area (Å²) in [6, 6.07) is 5.42. The van der Waals surface area contributed by atoms with E-state index in [1.807, 2.05) is 12.1 Å². The van der Waals surface area contributed by atoms with Crippen LogP contribution in [0.1, 0.15) is 26.6 Å². The summed E-state index contributed by atoms with van der Waals surface area (Å²) in [5, 5.41) is 9.73. The van der Waals surface area contributed by atoms with Crippen LogP contribution in [0.5, 0.6) is 5.88 Å². The van der Waals surface area contributed by atoms with Crippen LogP contribution in [0.25, 0.3) is 5.52 Å². The molecule has 2 aromatic heterocycles. The van der Waals surface area contributed by atoms with E-state index in [2.05, 4.69) is 25.8 Å². The minimum absolute atomic E-state index is 0.0642. The molecule has 0 saturated heterocycles. The van der Waals surface area contributed by atoms with Crippen molar-refractivity contribution in [2.75, 3.05) is 0 Å². The number of pyridine rings is 1. The van der Waals surface area contributed by atoms with E-state index in [4.69, 9.17) is 0 Å². The molecule has 0 saturated carbocycles. The Hall–Kier alpha value is -1.51. The molecule has 0 amide bonds. The fourth-order valence-electron chi connectivity index (χ4n) is 1.56. The highest BCUT2D eigenvalue weighted by Crippen LogP contribution is 2.25. The van der Waals surface area contributed by atoms with Gasteiger partial charge in [-0.05, 0) is 12.1 Å². The lowest BCUT2D eigenvalue weighted by Gasteiger charge is -2.17. The van der Waals surface area contributed by atoms with Crippen molar-refractivity contribution < 1.29 is 5.11 Å². The van der Waals surface area contributed by atoms with Crippen LogP contribution in [-0.4, -0.2) is 14.5 Å². The zero-order valence-corrected chi connectivity index (χ0v) is 8.65. The van der Waals surface area contributed by atoms with Crippen LogP contribution in [0.15, 0.2) is 24.4 Å². The number of fused-ring (bicyclic) bond motifs is 1. The van der Waals surface area contributed by atoms with Crippen molar-refractivity contribution >= 4 is 5.52 Å². The van der Waals surface area contributed by atoms with E-state index in [-0.39, 0.29) is 11.3 Å². The quantitative estimate of drug-likeness (QED) is 0.692. The van der Waals surface area contributed by atoms with Crippen LogP contribution < -0.4 is 0 Å². The molecular weight excluding hydrogens is 176 g/mol. The number of rotatable bonds is 0. The Balaban J connectivity index is 2.80. The van der Waals surface area contributed by atoms with Gasteiger partial charge in [-0.2, -0.15) is 0 Å². The molecule has 0 unspecified atom stereocenters. The van der Waals surface area contributed by atoms with Crippen molar-refractivity contribution in [3.63, 3.8) is 0 Å². The van der Waals surface area contributed by atoms with Crippen molar-refractivity contribution in [1.29, 1.82) is 0 Å². The second-order valence-corrected chi connectivity index (χ2v) is 4.48. The molecule has 74 valence electrons. The van der Waals surface area contributed by atoms with Gasteiger partial charge >= 0.3 is 0 Å². The fourth-order valence-corrected chi connectivity index (χ4v) is 1.56. The Labute approximate surface area is 83.0 Å². The van der Waals surface area contributed by atoms with Crippen LogP contribution in [0.4, 0.5) is 0 Å². The van der Waals surface area contributed by atoms with Gasteiger partial charge < -0.3 is 5.11 Å². The Morgan fingerprint density at radius 1 is 1.29 bits per heavy atom. The topological polar surface area (TPSA) is 37.5 Å². The van der Waals surface area contributed by atoms with E-state index in [9.17, 15) is 5.11 Å². The minimum atomic E-state index is -0.0642. The molecule has 2 aromatic rings. The Morgan fingerprint density at radius 3 is 2.64 bits per heavy atom. The molecule has 0 bridgehead atoms.